The lowest BCUT2D eigenvalue weighted by atomic mass is 10.0. The van der Waals surface area contributed by atoms with E-state index < -0.39 is 16.5 Å². The van der Waals surface area contributed by atoms with Crippen LogP contribution in [-0.4, -0.2) is 137 Å². The summed E-state index contributed by atoms with van der Waals surface area (Å²) < 4.78 is 22.9. The molecule has 0 aliphatic carbocycles. The van der Waals surface area contributed by atoms with Crippen molar-refractivity contribution in [2.24, 2.45) is 0 Å². The third-order valence-corrected chi connectivity index (χ3v) is 28.8. The van der Waals surface area contributed by atoms with Gasteiger partial charge < -0.3 is 51.1 Å². The molecule has 10 heterocycles. The highest BCUT2D eigenvalue weighted by Crippen LogP contribution is 2.39. The Morgan fingerprint density at radius 1 is 0.329 bits per heavy atom. The Bertz CT molecular complexity index is 8500. The summed E-state index contributed by atoms with van der Waals surface area (Å²) in [5.74, 6) is -1.36. The minimum Gasteiger partial charge on any atom is -0.392 e. The second kappa shape index (κ2) is 48.4. The van der Waals surface area contributed by atoms with E-state index in [-0.39, 0.29) is 116 Å². The number of fused-ring (bicyclic) bond motifs is 5. The molecule has 19 rings (SSSR count). The number of benzene rings is 9. The van der Waals surface area contributed by atoms with Crippen LogP contribution in [0.25, 0.3) is 100 Å². The number of carbonyl (C=O) groups is 5. The van der Waals surface area contributed by atoms with Gasteiger partial charge in [0.25, 0.3) is 11.4 Å². The molecule has 0 aliphatic heterocycles. The maximum Gasteiger partial charge on any atom is 0.288 e. The SMILES string of the molecule is Cc1ccc(C(=O)/C=C/c2c(-c3ccc(CO)cc3)nc3sccn23)cc1C.Cc1cn2c(/C=C/C(=O)c3ccc(CO)c(CO)c3)c(-c3ccc(CO)c([N+](=O)[O-])c3)nc2s1.Cc1cn2c(/C=C/C(=O)c3ccc(CO)c(CO)c3)c(-c3ccc(Cl)c([N+](=O)[O-])c3)nc2s1.Cc1cn2c(/C=C/C(=O)c3ccc(CO)c(CO)c3)c(-c3ccc(F)cc3)nc2s1.Cc1cn2c(/C=C/C(=O)c3ccc(CO)c(CO)c3)c(C)nc2s1. The van der Waals surface area contributed by atoms with Crippen LogP contribution in [0.4, 0.5) is 15.8 Å². The predicted octanol–water partition coefficient (Wildman–Crippen LogP) is 20.8. The molecule has 38 heteroatoms. The fourth-order valence-electron chi connectivity index (χ4n) is 16.2. The fourth-order valence-corrected chi connectivity index (χ4v) is 20.4. The average molecular weight is 2120 g/mol. The summed E-state index contributed by atoms with van der Waals surface area (Å²) in [7, 11) is 0. The molecule has 0 aliphatic rings. The maximum atomic E-state index is 13.3. The summed E-state index contributed by atoms with van der Waals surface area (Å²) in [6, 6.07) is 47.7. The first-order chi connectivity index (χ1) is 71.8. The van der Waals surface area contributed by atoms with Gasteiger partial charge in [0.1, 0.15) is 10.8 Å². The number of nitro benzene ring substituents is 2. The number of ketones is 5. The van der Waals surface area contributed by atoms with Crippen LogP contribution >= 0.6 is 68.3 Å². The number of thiazole rings is 5. The Morgan fingerprint density at radius 2 is 0.631 bits per heavy atom. The smallest absolute Gasteiger partial charge is 0.288 e. The molecule has 0 saturated heterocycles. The molecule has 0 bridgehead atoms. The Hall–Kier alpha value is -15.5. The van der Waals surface area contributed by atoms with Crippen LogP contribution in [0.15, 0.2) is 243 Å². The molecule has 31 nitrogen and oxygen atoms in total. The standard InChI is InChI=1S/C24H21N3O6S.C23H18ClN3O5S.C23H19FN2O3S.C23H20N2O2S.C18H18N2O3S/c1-14-10-26-20(6-7-22(31)15-2-4-17(11-28)19(8-15)13-30)23(25-24(26)34-14)16-3-5-18(12-29)21(9-16)27(32)33;1-13-10-26-19(6-7-21(30)14-2-3-16(11-28)17(8-14)12-29)22(25-23(26)33-13)15-4-5-18(24)20(9-15)27(31)32;1-14-11-26-20(22(25-23(26)30-14)15-4-6-19(24)7-5-15)8-9-21(29)16-2-3-17(12-27)18(10-16)13-28;1-15-3-6-19(13-16(15)2)21(27)10-9-20-22(24-23-25(20)11-12-28-23)18-7-4-17(14-26)5-8-18;1-11-8-20-16(12(2)19-18(20)24-11)5-6-17(23)13-3-4-14(9-21)15(7-13)10-22/h2-10,28-30H,11-13H2,1H3;2-10,28-29H,11-12H2,1H3;2-11,27-28H,12-13H2,1H3;3-13,26H,14H2,1-2H3;3-8,21-22H,9-10H2,1-2H3/b2*7-6+;9-8+;10-9+;6-5+. The summed E-state index contributed by atoms with van der Waals surface area (Å²) in [5, 5.41) is 119. The number of aryl methyl sites for hydroxylation is 7. The van der Waals surface area contributed by atoms with E-state index in [9.17, 15) is 99.7 Å². The molecule has 10 N–H and O–H groups in total. The number of hydrogen-bond acceptors (Lipinski definition) is 29. The molecule has 9 aromatic carbocycles. The van der Waals surface area contributed by atoms with Crippen molar-refractivity contribution in [1.82, 2.24) is 46.9 Å². The minimum absolute atomic E-state index is 0.00971. The van der Waals surface area contributed by atoms with Gasteiger partial charge in [0.2, 0.25) is 0 Å². The van der Waals surface area contributed by atoms with Gasteiger partial charge in [0.05, 0.1) is 138 Å². The van der Waals surface area contributed by atoms with Crippen molar-refractivity contribution in [3.63, 3.8) is 0 Å². The van der Waals surface area contributed by atoms with Gasteiger partial charge in [0, 0.05) is 118 Å². The van der Waals surface area contributed by atoms with Gasteiger partial charge in [-0.1, -0.05) is 109 Å². The molecule has 10 aromatic heterocycles. The molecular formula is C111H96ClFN12O19S5. The topological polar surface area (TPSA) is 460 Å². The van der Waals surface area contributed by atoms with E-state index in [1.54, 1.807) is 144 Å². The van der Waals surface area contributed by atoms with Crippen LogP contribution in [0.5, 0.6) is 0 Å². The van der Waals surface area contributed by atoms with Crippen molar-refractivity contribution in [3.8, 4) is 45.0 Å². The average Bonchev–Trinajstić information content (AvgIpc) is 1.62. The number of allylic oxidation sites excluding steroid dienone is 5. The van der Waals surface area contributed by atoms with Gasteiger partial charge in [0.15, 0.2) is 53.7 Å². The normalized spacial score (nSPS) is 11.6. The van der Waals surface area contributed by atoms with Gasteiger partial charge >= 0.3 is 0 Å². The third kappa shape index (κ3) is 24.7. The van der Waals surface area contributed by atoms with E-state index >= 15 is 0 Å². The highest BCUT2D eigenvalue weighted by atomic mass is 35.5. The quantitative estimate of drug-likeness (QED) is 0.00835. The van der Waals surface area contributed by atoms with Gasteiger partial charge in [-0.2, -0.15) is 0 Å². The Kier molecular flexibility index (Phi) is 35.0. The highest BCUT2D eigenvalue weighted by molar-refractivity contribution is 7.18. The highest BCUT2D eigenvalue weighted by Gasteiger charge is 2.26. The monoisotopic (exact) mass is 2110 g/mol. The summed E-state index contributed by atoms with van der Waals surface area (Å²) >= 11 is 13.6. The minimum atomic E-state index is -0.553. The Morgan fingerprint density at radius 3 is 0.993 bits per heavy atom. The van der Waals surface area contributed by atoms with Crippen molar-refractivity contribution < 1.29 is 89.3 Å². The lowest BCUT2D eigenvalue weighted by Gasteiger charge is -2.06. The molecule has 0 unspecified atom stereocenters. The number of aliphatic hydroxyl groups is 10. The summed E-state index contributed by atoms with van der Waals surface area (Å²) in [6.07, 6.45) is 25.5. The van der Waals surface area contributed by atoms with Crippen molar-refractivity contribution >= 4 is 164 Å². The van der Waals surface area contributed by atoms with E-state index in [4.69, 9.17) is 16.6 Å². The van der Waals surface area contributed by atoms with Gasteiger partial charge in [-0.25, -0.2) is 29.3 Å². The molecule has 0 fully saturated rings. The second-order valence-corrected chi connectivity index (χ2v) is 40.2. The molecule has 0 spiro atoms. The zero-order chi connectivity index (χ0) is 106. The number of aromatic nitrogens is 10. The second-order valence-electron chi connectivity index (χ2n) is 34.0. The number of nitro groups is 2. The molecular weight excluding hydrogens is 2020 g/mol. The number of hydrogen-bond donors (Lipinski definition) is 10. The molecule has 0 atom stereocenters. The Balaban J connectivity index is 0.000000140. The number of carbonyl (C=O) groups excluding carboxylic acids is 5. The zero-order valence-corrected chi connectivity index (χ0v) is 85.7. The fraction of sp³-hybridized carbons (Fsp3) is 0.153. The summed E-state index contributed by atoms with van der Waals surface area (Å²) in [5.41, 5.74) is 19.2. The van der Waals surface area contributed by atoms with Crippen LogP contribution in [0.2, 0.25) is 5.02 Å². The molecule has 0 saturated carbocycles. The first-order valence-electron chi connectivity index (χ1n) is 46.0. The lowest BCUT2D eigenvalue weighted by Crippen LogP contribution is -2.00. The van der Waals surface area contributed by atoms with Crippen molar-refractivity contribution in [1.29, 1.82) is 0 Å². The van der Waals surface area contributed by atoms with Crippen LogP contribution in [0.3, 0.4) is 0 Å². The lowest BCUT2D eigenvalue weighted by molar-refractivity contribution is -0.385. The van der Waals surface area contributed by atoms with Crippen LogP contribution < -0.4 is 0 Å². The molecule has 149 heavy (non-hydrogen) atoms. The third-order valence-electron chi connectivity index (χ3n) is 24.1. The molecule has 19 aromatic rings. The van der Waals surface area contributed by atoms with E-state index in [0.29, 0.717) is 122 Å². The first kappa shape index (κ1) is 108. The van der Waals surface area contributed by atoms with E-state index in [1.807, 2.05) is 155 Å². The van der Waals surface area contributed by atoms with Crippen molar-refractivity contribution in [2.45, 2.75) is 115 Å². The number of rotatable bonds is 31. The van der Waals surface area contributed by atoms with Crippen LogP contribution in [0.1, 0.15) is 172 Å². The van der Waals surface area contributed by atoms with Crippen LogP contribution in [-0.2, 0) is 66.1 Å². The van der Waals surface area contributed by atoms with Gasteiger partial charge in [-0.05, 0) is 237 Å². The predicted molar refractivity (Wildman–Crippen MR) is 577 cm³/mol. The number of imidazole rings is 5. The largest absolute Gasteiger partial charge is 0.392 e. The van der Waals surface area contributed by atoms with Crippen LogP contribution in [0, 0.1) is 74.5 Å². The maximum absolute atomic E-state index is 13.3. The first-order valence-corrected chi connectivity index (χ1v) is 50.5. The van der Waals surface area contributed by atoms with E-state index in [2.05, 4.69) is 19.9 Å². The molecule has 758 valence electrons. The molecule has 0 radical (unpaired) electrons. The van der Waals surface area contributed by atoms with Crippen molar-refractivity contribution in [3.05, 3.63) is 422 Å². The van der Waals surface area contributed by atoms with Gasteiger partial charge in [-0.15, -0.1) is 56.7 Å². The summed E-state index contributed by atoms with van der Waals surface area (Å²) in [4.78, 5) is 116. The zero-order valence-electron chi connectivity index (χ0n) is 80.9. The van der Waals surface area contributed by atoms with Crippen molar-refractivity contribution in [2.75, 3.05) is 0 Å². The number of aliphatic hydroxyl groups excluding tert-OH is 10. The Labute approximate surface area is 875 Å². The number of halogens is 2. The van der Waals surface area contributed by atoms with E-state index in [1.165, 1.54) is 106 Å². The van der Waals surface area contributed by atoms with E-state index in [0.717, 1.165) is 85.1 Å². The summed E-state index contributed by atoms with van der Waals surface area (Å²) in [6.45, 7) is 11.5. The molecule has 0 amide bonds. The van der Waals surface area contributed by atoms with Gasteiger partial charge in [-0.3, -0.25) is 66.2 Å². The number of nitrogens with zero attached hydrogens (tertiary/aromatic N) is 12.